The zero-order valence-electron chi connectivity index (χ0n) is 28.4. The minimum Gasteiger partial charge on any atom is -0.342 e. The van der Waals surface area contributed by atoms with E-state index < -0.39 is 11.6 Å². The number of rotatable bonds is 8. The number of benzene rings is 1. The third-order valence-electron chi connectivity index (χ3n) is 8.39. The highest BCUT2D eigenvalue weighted by Gasteiger charge is 2.43. The lowest BCUT2D eigenvalue weighted by molar-refractivity contribution is -0.155. The third-order valence-corrected chi connectivity index (χ3v) is 8.39. The molecule has 1 aliphatic heterocycles. The summed E-state index contributed by atoms with van der Waals surface area (Å²) in [6.45, 7) is 26.7. The Labute approximate surface area is 259 Å². The fourth-order valence-electron chi connectivity index (χ4n) is 4.57. The lowest BCUT2D eigenvalue weighted by atomic mass is 9.86. The number of allylic oxidation sites excluding steroid dienone is 7. The number of hydrogen-bond donors (Lipinski definition) is 2. The molecule has 1 aromatic carbocycles. The van der Waals surface area contributed by atoms with Crippen LogP contribution in [0.1, 0.15) is 80.4 Å². The molecule has 0 spiro atoms. The highest BCUT2D eigenvalue weighted by Crippen LogP contribution is 2.30. The molecule has 7 heteroatoms. The molecule has 0 aliphatic carbocycles. The number of nitrogens with one attached hydrogen (secondary N) is 2. The van der Waals surface area contributed by atoms with Gasteiger partial charge in [-0.05, 0) is 87.8 Å². The molecule has 0 saturated carbocycles. The van der Waals surface area contributed by atoms with Crippen molar-refractivity contribution in [2.45, 2.75) is 81.7 Å². The van der Waals surface area contributed by atoms with Gasteiger partial charge in [-0.1, -0.05) is 76.6 Å². The Balaban J connectivity index is 2.45. The summed E-state index contributed by atoms with van der Waals surface area (Å²) in [7, 11) is 1.75. The van der Waals surface area contributed by atoms with E-state index >= 15 is 0 Å². The molecule has 0 aromatic heterocycles. The summed E-state index contributed by atoms with van der Waals surface area (Å²) in [4.78, 5) is 43.5. The Morgan fingerprint density at radius 2 is 1.70 bits per heavy atom. The molecular weight excluding hydrogens is 536 g/mol. The molecule has 0 atom stereocenters. The number of nitrogens with zero attached hydrogens (tertiary/aromatic N) is 2. The van der Waals surface area contributed by atoms with Crippen molar-refractivity contribution in [3.8, 4) is 0 Å². The largest absolute Gasteiger partial charge is 0.342 e. The quantitative estimate of drug-likeness (QED) is 0.242. The summed E-state index contributed by atoms with van der Waals surface area (Å²) in [5, 5.41) is 5.80. The van der Waals surface area contributed by atoms with E-state index in [1.54, 1.807) is 37.6 Å². The smallest absolute Gasteiger partial charge is 0.323 e. The van der Waals surface area contributed by atoms with E-state index in [-0.39, 0.29) is 17.2 Å². The first kappa shape index (κ1) is 35.3. The molecule has 4 amide bonds. The van der Waals surface area contributed by atoms with Crippen molar-refractivity contribution in [2.24, 2.45) is 11.3 Å². The van der Waals surface area contributed by atoms with Crippen molar-refractivity contribution in [1.82, 2.24) is 15.1 Å². The molecule has 234 valence electrons. The molecular formula is C36H52N4O3. The van der Waals surface area contributed by atoms with E-state index in [1.807, 2.05) is 50.3 Å². The monoisotopic (exact) mass is 588 g/mol. The fraction of sp³-hybridized carbons (Fsp3) is 0.472. The van der Waals surface area contributed by atoms with Crippen LogP contribution in [-0.4, -0.2) is 53.3 Å². The maximum atomic E-state index is 14.0. The second kappa shape index (κ2) is 14.1. The average molecular weight is 589 g/mol. The molecule has 1 heterocycles. The van der Waals surface area contributed by atoms with Crippen molar-refractivity contribution < 1.29 is 14.4 Å². The van der Waals surface area contributed by atoms with Crippen LogP contribution in [0.25, 0.3) is 5.57 Å². The van der Waals surface area contributed by atoms with Crippen molar-refractivity contribution in [1.29, 1.82) is 0 Å². The first-order valence-corrected chi connectivity index (χ1v) is 15.0. The maximum absolute atomic E-state index is 14.0. The average Bonchev–Trinajstić information content (AvgIpc) is 2.90. The fourth-order valence-corrected chi connectivity index (χ4v) is 4.57. The summed E-state index contributed by atoms with van der Waals surface area (Å²) < 4.78 is 0. The van der Waals surface area contributed by atoms with Crippen LogP contribution in [-0.2, 0) is 9.59 Å². The van der Waals surface area contributed by atoms with E-state index in [0.717, 1.165) is 22.3 Å². The molecule has 0 radical (unpaired) electrons. The third kappa shape index (κ3) is 8.82. The van der Waals surface area contributed by atoms with Gasteiger partial charge in [0, 0.05) is 31.5 Å². The van der Waals surface area contributed by atoms with Gasteiger partial charge in [-0.15, -0.1) is 0 Å². The zero-order valence-corrected chi connectivity index (χ0v) is 28.4. The van der Waals surface area contributed by atoms with Gasteiger partial charge in [-0.2, -0.15) is 0 Å². The molecule has 1 fully saturated rings. The lowest BCUT2D eigenvalue weighted by Gasteiger charge is -2.45. The van der Waals surface area contributed by atoms with Crippen LogP contribution >= 0.6 is 0 Å². The summed E-state index contributed by atoms with van der Waals surface area (Å²) in [5.41, 5.74) is 5.38. The molecule has 0 bridgehead atoms. The maximum Gasteiger partial charge on any atom is 0.323 e. The zero-order chi connectivity index (χ0) is 32.9. The summed E-state index contributed by atoms with van der Waals surface area (Å²) in [5.74, 6) is 0.0262. The van der Waals surface area contributed by atoms with Crippen LogP contribution in [0.2, 0.25) is 0 Å². The van der Waals surface area contributed by atoms with Crippen LogP contribution in [0.4, 0.5) is 10.5 Å². The van der Waals surface area contributed by atoms with Gasteiger partial charge in [0.25, 0.3) is 5.91 Å². The molecule has 0 unspecified atom stereocenters. The predicted octanol–water partition coefficient (Wildman–Crippen LogP) is 7.63. The van der Waals surface area contributed by atoms with Crippen molar-refractivity contribution in [2.75, 3.05) is 25.5 Å². The minimum absolute atomic E-state index is 0.121. The molecule has 1 aliphatic rings. The molecule has 7 nitrogen and oxygen atoms in total. The van der Waals surface area contributed by atoms with E-state index in [0.29, 0.717) is 36.0 Å². The van der Waals surface area contributed by atoms with Crippen LogP contribution in [0.3, 0.4) is 0 Å². The highest BCUT2D eigenvalue weighted by molar-refractivity contribution is 6.02. The Kier molecular flexibility index (Phi) is 11.6. The molecule has 1 aromatic rings. The molecule has 2 rings (SSSR count). The van der Waals surface area contributed by atoms with Gasteiger partial charge in [0.1, 0.15) is 5.54 Å². The van der Waals surface area contributed by atoms with Crippen LogP contribution in [0.5, 0.6) is 0 Å². The number of hydrogen-bond acceptors (Lipinski definition) is 3. The summed E-state index contributed by atoms with van der Waals surface area (Å²) in [6, 6.07) is 5.27. The molecule has 1 saturated heterocycles. The second-order valence-corrected chi connectivity index (χ2v) is 13.4. The number of carbonyl (C=O) groups excluding carboxylic acids is 3. The number of piperazine rings is 1. The number of amides is 4. The Morgan fingerprint density at radius 3 is 2.26 bits per heavy atom. The summed E-state index contributed by atoms with van der Waals surface area (Å²) >= 11 is 0. The normalized spacial score (nSPS) is 17.1. The predicted molar refractivity (Wildman–Crippen MR) is 179 cm³/mol. The topological polar surface area (TPSA) is 81.8 Å². The standard InChI is InChI=1S/C36H52N4O3/c1-14-28(17-15-24(4)23(2)3)30-22-29(18-16-25(30)5)38-34(43)37-27(7)31(21-26(6)35(8,9)10)32(41)40-20-19-39(13)33(42)36(40,11)12/h14-18,21-23H,1,19-20H2,2-13H3,(H2,37,38,43)/b24-15+,26-21+,28-17+,31-27-. The van der Waals surface area contributed by atoms with Gasteiger partial charge in [0.2, 0.25) is 5.91 Å². The van der Waals surface area contributed by atoms with E-state index in [4.69, 9.17) is 0 Å². The van der Waals surface area contributed by atoms with E-state index in [9.17, 15) is 14.4 Å². The number of carbonyl (C=O) groups is 3. The van der Waals surface area contributed by atoms with Gasteiger partial charge in [-0.25, -0.2) is 4.79 Å². The van der Waals surface area contributed by atoms with Gasteiger partial charge in [-0.3, -0.25) is 9.59 Å². The lowest BCUT2D eigenvalue weighted by Crippen LogP contribution is -2.63. The van der Waals surface area contributed by atoms with Crippen molar-refractivity contribution in [3.63, 3.8) is 0 Å². The Morgan fingerprint density at radius 1 is 1.07 bits per heavy atom. The van der Waals surface area contributed by atoms with Crippen LogP contribution in [0.15, 0.2) is 71.5 Å². The minimum atomic E-state index is -1.01. The molecule has 43 heavy (non-hydrogen) atoms. The molecule has 2 N–H and O–H groups in total. The van der Waals surface area contributed by atoms with Crippen molar-refractivity contribution >= 4 is 29.1 Å². The van der Waals surface area contributed by atoms with Gasteiger partial charge < -0.3 is 20.4 Å². The van der Waals surface area contributed by atoms with E-state index in [1.165, 1.54) is 5.57 Å². The number of aryl methyl sites for hydroxylation is 1. The van der Waals surface area contributed by atoms with E-state index in [2.05, 4.69) is 64.8 Å². The van der Waals surface area contributed by atoms with Crippen molar-refractivity contribution in [3.05, 3.63) is 82.6 Å². The Bertz CT molecular complexity index is 1380. The SMILES string of the molecule is C=C/C(=C\C=C(/C)C(C)C)c1cc(NC(=O)N/C(C)=C(/C=C(\C)C(C)(C)C)C(=O)N2CCN(C)C(=O)C2(C)C)ccc1C. The number of anilines is 1. The summed E-state index contributed by atoms with van der Waals surface area (Å²) in [6.07, 6.45) is 7.79. The number of likely N-dealkylation sites (N-methyl/N-ethyl adjacent to an activating group) is 1. The Hall–Kier alpha value is -3.87. The van der Waals surface area contributed by atoms with Crippen LogP contribution in [0, 0.1) is 18.3 Å². The first-order chi connectivity index (χ1) is 19.8. The van der Waals surface area contributed by atoms with Crippen LogP contribution < -0.4 is 10.6 Å². The van der Waals surface area contributed by atoms with Gasteiger partial charge >= 0.3 is 6.03 Å². The first-order valence-electron chi connectivity index (χ1n) is 15.0. The second-order valence-electron chi connectivity index (χ2n) is 13.4. The highest BCUT2D eigenvalue weighted by atomic mass is 16.2. The van der Waals surface area contributed by atoms with Gasteiger partial charge in [0.05, 0.1) is 5.57 Å². The van der Waals surface area contributed by atoms with Gasteiger partial charge in [0.15, 0.2) is 0 Å². The number of urea groups is 1.